The van der Waals surface area contributed by atoms with Gasteiger partial charge >= 0.3 is 6.09 Å². The number of pyridine rings is 1. The first-order chi connectivity index (χ1) is 10.9. The van der Waals surface area contributed by atoms with Crippen molar-refractivity contribution in [2.75, 3.05) is 32.7 Å². The van der Waals surface area contributed by atoms with E-state index in [-0.39, 0.29) is 6.09 Å². The zero-order valence-corrected chi connectivity index (χ0v) is 14.6. The summed E-state index contributed by atoms with van der Waals surface area (Å²) in [5, 5.41) is 0. The van der Waals surface area contributed by atoms with Gasteiger partial charge in [0.1, 0.15) is 5.60 Å². The maximum absolute atomic E-state index is 12.2. The van der Waals surface area contributed by atoms with Crippen molar-refractivity contribution >= 4 is 6.09 Å². The third-order valence-electron chi connectivity index (χ3n) is 3.93. The highest BCUT2D eigenvalue weighted by atomic mass is 16.6. The molecule has 128 valence electrons. The first kappa shape index (κ1) is 17.7. The van der Waals surface area contributed by atoms with E-state index in [2.05, 4.69) is 22.0 Å². The molecule has 2 rings (SSSR count). The highest BCUT2D eigenvalue weighted by molar-refractivity contribution is 5.68. The average molecular weight is 319 g/mol. The molecule has 1 aromatic heterocycles. The summed E-state index contributed by atoms with van der Waals surface area (Å²) >= 11 is 0. The molecule has 0 unspecified atom stereocenters. The van der Waals surface area contributed by atoms with Crippen LogP contribution in [-0.4, -0.2) is 59.2 Å². The van der Waals surface area contributed by atoms with Gasteiger partial charge in [0.25, 0.3) is 0 Å². The Hall–Kier alpha value is -1.62. The van der Waals surface area contributed by atoms with Crippen molar-refractivity contribution in [1.29, 1.82) is 0 Å². The molecule has 0 saturated carbocycles. The number of carbonyl (C=O) groups excluding carboxylic acids is 1. The van der Waals surface area contributed by atoms with Gasteiger partial charge in [-0.25, -0.2) is 4.79 Å². The average Bonchev–Trinajstić information content (AvgIpc) is 2.72. The summed E-state index contributed by atoms with van der Waals surface area (Å²) in [5.74, 6) is 0. The number of aromatic nitrogens is 1. The number of ether oxygens (including phenoxy) is 1. The Labute approximate surface area is 139 Å². The predicted molar refractivity (Wildman–Crippen MR) is 91.4 cm³/mol. The predicted octanol–water partition coefficient (Wildman–Crippen LogP) is 2.96. The van der Waals surface area contributed by atoms with Crippen LogP contribution in [0.3, 0.4) is 0 Å². The SMILES string of the molecule is CC(C)(C)OC(=O)N1CCCN(CCCc2ccncc2)CC1. The quantitative estimate of drug-likeness (QED) is 0.856. The second-order valence-electron chi connectivity index (χ2n) is 7.12. The lowest BCUT2D eigenvalue weighted by atomic mass is 10.1. The summed E-state index contributed by atoms with van der Waals surface area (Å²) in [4.78, 5) is 20.5. The summed E-state index contributed by atoms with van der Waals surface area (Å²) < 4.78 is 5.47. The van der Waals surface area contributed by atoms with E-state index in [1.54, 1.807) is 0 Å². The lowest BCUT2D eigenvalue weighted by Gasteiger charge is -2.26. The lowest BCUT2D eigenvalue weighted by Crippen LogP contribution is -2.39. The zero-order chi connectivity index (χ0) is 16.7. The maximum Gasteiger partial charge on any atom is 0.410 e. The van der Waals surface area contributed by atoms with Crippen LogP contribution in [-0.2, 0) is 11.2 Å². The Bertz CT molecular complexity index is 485. The molecule has 5 heteroatoms. The van der Waals surface area contributed by atoms with Gasteiger partial charge in [-0.3, -0.25) is 4.98 Å². The Morgan fingerprint density at radius 3 is 2.61 bits per heavy atom. The van der Waals surface area contributed by atoms with Gasteiger partial charge in [-0.15, -0.1) is 0 Å². The molecule has 1 saturated heterocycles. The molecule has 5 nitrogen and oxygen atoms in total. The van der Waals surface area contributed by atoms with Crippen molar-refractivity contribution in [3.8, 4) is 0 Å². The van der Waals surface area contributed by atoms with Gasteiger partial charge in [0.15, 0.2) is 0 Å². The molecule has 1 amide bonds. The van der Waals surface area contributed by atoms with E-state index in [4.69, 9.17) is 4.74 Å². The molecule has 0 spiro atoms. The Kier molecular flexibility index (Phi) is 6.39. The fourth-order valence-corrected chi connectivity index (χ4v) is 2.76. The second kappa shape index (κ2) is 8.29. The van der Waals surface area contributed by atoms with E-state index in [9.17, 15) is 4.79 Å². The Morgan fingerprint density at radius 2 is 1.91 bits per heavy atom. The van der Waals surface area contributed by atoms with E-state index in [0.29, 0.717) is 0 Å². The molecule has 23 heavy (non-hydrogen) atoms. The van der Waals surface area contributed by atoms with E-state index >= 15 is 0 Å². The van der Waals surface area contributed by atoms with Crippen LogP contribution < -0.4 is 0 Å². The maximum atomic E-state index is 12.2. The molecule has 0 aromatic carbocycles. The molecule has 0 bridgehead atoms. The van der Waals surface area contributed by atoms with E-state index < -0.39 is 5.60 Å². The minimum absolute atomic E-state index is 0.184. The van der Waals surface area contributed by atoms with Crippen molar-refractivity contribution in [2.24, 2.45) is 0 Å². The number of carbonyl (C=O) groups is 1. The number of amides is 1. The molecular formula is C18H29N3O2. The number of hydrogen-bond donors (Lipinski definition) is 0. The molecular weight excluding hydrogens is 290 g/mol. The third-order valence-corrected chi connectivity index (χ3v) is 3.93. The molecule has 1 aliphatic rings. The first-order valence-corrected chi connectivity index (χ1v) is 8.53. The van der Waals surface area contributed by atoms with Gasteiger partial charge in [0.05, 0.1) is 0 Å². The Balaban J connectivity index is 1.72. The molecule has 1 aliphatic heterocycles. The largest absolute Gasteiger partial charge is 0.444 e. The fourth-order valence-electron chi connectivity index (χ4n) is 2.76. The molecule has 0 radical (unpaired) electrons. The molecule has 1 aromatic rings. The van der Waals surface area contributed by atoms with Gasteiger partial charge in [0.2, 0.25) is 0 Å². The van der Waals surface area contributed by atoms with Crippen molar-refractivity contribution in [3.05, 3.63) is 30.1 Å². The van der Waals surface area contributed by atoms with Crippen LogP contribution in [0.2, 0.25) is 0 Å². The number of nitrogens with zero attached hydrogens (tertiary/aromatic N) is 3. The van der Waals surface area contributed by atoms with Crippen LogP contribution in [0.1, 0.15) is 39.2 Å². The lowest BCUT2D eigenvalue weighted by molar-refractivity contribution is 0.0257. The summed E-state index contributed by atoms with van der Waals surface area (Å²) in [7, 11) is 0. The molecule has 0 N–H and O–H groups in total. The van der Waals surface area contributed by atoms with Crippen molar-refractivity contribution in [2.45, 2.75) is 45.6 Å². The standard InChI is InChI=1S/C18H29N3O2/c1-18(2,3)23-17(22)21-13-5-12-20(14-15-21)11-4-6-16-7-9-19-10-8-16/h7-10H,4-6,11-15H2,1-3H3. The molecule has 2 heterocycles. The van der Waals surface area contributed by atoms with Crippen molar-refractivity contribution in [3.63, 3.8) is 0 Å². The molecule has 0 aliphatic carbocycles. The van der Waals surface area contributed by atoms with Gasteiger partial charge in [0, 0.05) is 32.0 Å². The highest BCUT2D eigenvalue weighted by Gasteiger charge is 2.24. The van der Waals surface area contributed by atoms with E-state index in [1.165, 1.54) is 5.56 Å². The van der Waals surface area contributed by atoms with Crippen LogP contribution >= 0.6 is 0 Å². The smallest absolute Gasteiger partial charge is 0.410 e. The van der Waals surface area contributed by atoms with Crippen LogP contribution in [0, 0.1) is 0 Å². The monoisotopic (exact) mass is 319 g/mol. The molecule has 0 atom stereocenters. The van der Waals surface area contributed by atoms with E-state index in [1.807, 2.05) is 38.1 Å². The van der Waals surface area contributed by atoms with Crippen LogP contribution in [0.15, 0.2) is 24.5 Å². The summed E-state index contributed by atoms with van der Waals surface area (Å²) in [5.41, 5.74) is 0.915. The van der Waals surface area contributed by atoms with Gasteiger partial charge in [-0.05, 0) is 70.8 Å². The van der Waals surface area contributed by atoms with Gasteiger partial charge < -0.3 is 14.5 Å². The molecule has 1 fully saturated rings. The fraction of sp³-hybridized carbons (Fsp3) is 0.667. The van der Waals surface area contributed by atoms with Crippen LogP contribution in [0.25, 0.3) is 0 Å². The minimum atomic E-state index is -0.423. The number of hydrogen-bond acceptors (Lipinski definition) is 4. The summed E-state index contributed by atoms with van der Waals surface area (Å²) in [6.07, 6.45) is 6.73. The van der Waals surface area contributed by atoms with Crippen LogP contribution in [0.5, 0.6) is 0 Å². The Morgan fingerprint density at radius 1 is 1.17 bits per heavy atom. The van der Waals surface area contributed by atoms with Crippen LogP contribution in [0.4, 0.5) is 4.79 Å². The van der Waals surface area contributed by atoms with E-state index in [0.717, 1.165) is 52.0 Å². The third kappa shape index (κ3) is 6.57. The number of aryl methyl sites for hydroxylation is 1. The number of rotatable bonds is 4. The second-order valence-corrected chi connectivity index (χ2v) is 7.12. The topological polar surface area (TPSA) is 45.7 Å². The first-order valence-electron chi connectivity index (χ1n) is 8.53. The zero-order valence-electron chi connectivity index (χ0n) is 14.6. The van der Waals surface area contributed by atoms with Crippen molar-refractivity contribution in [1.82, 2.24) is 14.8 Å². The summed E-state index contributed by atoms with van der Waals surface area (Å²) in [6.45, 7) is 10.3. The normalized spacial score (nSPS) is 16.9. The summed E-state index contributed by atoms with van der Waals surface area (Å²) in [6, 6.07) is 4.15. The minimum Gasteiger partial charge on any atom is -0.444 e. The van der Waals surface area contributed by atoms with Gasteiger partial charge in [-0.1, -0.05) is 0 Å². The van der Waals surface area contributed by atoms with Crippen molar-refractivity contribution < 1.29 is 9.53 Å². The van der Waals surface area contributed by atoms with Gasteiger partial charge in [-0.2, -0.15) is 0 Å². The highest BCUT2D eigenvalue weighted by Crippen LogP contribution is 2.12.